The number of nitrogens with one attached hydrogen (secondary N) is 1. The van der Waals surface area contributed by atoms with E-state index in [4.69, 9.17) is 37.2 Å². The molecule has 13 amide bonds. The van der Waals surface area contributed by atoms with E-state index in [1.54, 1.807) is 71.9 Å². The Balaban J connectivity index is 0.00000153. The van der Waals surface area contributed by atoms with E-state index in [1.165, 1.54) is 68.9 Å². The molecule has 0 radical (unpaired) electrons. The van der Waals surface area contributed by atoms with Gasteiger partial charge in [-0.05, 0) is 159 Å². The van der Waals surface area contributed by atoms with Crippen molar-refractivity contribution in [2.24, 2.45) is 28.9 Å². The van der Waals surface area contributed by atoms with Crippen LogP contribution in [0.25, 0.3) is 0 Å². The van der Waals surface area contributed by atoms with Gasteiger partial charge in [0.1, 0.15) is 63.1 Å². The first-order valence-electron chi connectivity index (χ1n) is 39.7. The zero-order chi connectivity index (χ0) is 90.6. The summed E-state index contributed by atoms with van der Waals surface area (Å²) < 4.78 is 43.6. The Morgan fingerprint density at radius 3 is 1.06 bits per heavy atom. The number of aliphatic carboxylic acids is 1. The van der Waals surface area contributed by atoms with Crippen LogP contribution < -0.4 is 28.3 Å². The second kappa shape index (κ2) is 45.1. The Morgan fingerprint density at radius 1 is 0.480 bits per heavy atom. The molecular weight excluding hydrogens is 1670 g/mol. The standard InChI is InChI=1S/C21H26N6O4.C15H25N3O5.C15H24N2O6.C14H23N3O4.C10H17N3O3.C2HF3O.7CH4/c1-13-16(23-24-27(13)11-15-7-4-3-5-8-15)19(30)26-10-6-9-21(26)12-25(20(21)31)17(14(2)28)18(22)29;1-9(19)10(11(16)20)17-8-15(12(17)21)6-5-7-18(15)13(22)23-14(2,3)4;1-9(18)10(11(19)20)16-8-15(12(16)21)6-5-7-17(15)13(22)23-14(2,3)4;1-8(2)12(20)17-6-4-5-14(17)7-16(13(14)21)10(9(3)18)11(15)19;1-6(14)7(8(11)15)13-5-10(9(13)16)3-2-4-12-10;3-2(4,5)1-6;;;;;;;/h3-5,7-8,14,17,28H,6,9-12H2,1-2H3,(H2,22,29);9-10,19H,5-8H2,1-4H3,(H2,16,20);9-10,18H,5-8H2,1-4H3,(H,19,20);8-10,18H,4-7H2,1-3H3,(H2,15,19);6-7,12,14H,2-5H2,1H3,(H2,11,15);1H;7*1H4/t14-,17+,21?;2*9-,10+,15?;9-,10+,14?;6-,7+,10?;;;;;;;;/m11111......../s1. The van der Waals surface area contributed by atoms with Crippen molar-refractivity contribution in [3.05, 3.63) is 47.3 Å². The molecule has 0 saturated carbocycles. The van der Waals surface area contributed by atoms with Crippen LogP contribution >= 0.6 is 0 Å². The number of primary amides is 4. The SMILES string of the molecule is C.C.C.C.C.C.C.CC(C)C(=O)N1CCCC12CN([C@H](C(N)=O)[C@@H](C)O)C2=O.C[C@@H](O)[C@@H](C(=O)O)N1CC2(CCCN2C(=O)OC(C)(C)C)C1=O.C[C@@H](O)[C@@H](C(N)=O)N1CC2(CCCN2)C1=O.C[C@@H](O)[C@@H](C(N)=O)N1CC2(CCCN2C(=O)OC(C)(C)C)C1=O.Cc1c(C(=O)N2CCCC23CN([C@H](C(N)=O)[C@@H](C)O)C3=O)nnn1Cc1ccccc1.O=CC(F)(F)F. The first kappa shape index (κ1) is 117. The lowest BCUT2D eigenvalue weighted by Crippen LogP contribution is -2.77. The highest BCUT2D eigenvalue weighted by Crippen LogP contribution is 2.46. The number of aromatic nitrogens is 3. The van der Waals surface area contributed by atoms with Crippen LogP contribution in [0.15, 0.2) is 30.3 Å². The molecule has 10 aliphatic rings. The molecule has 15 N–H and O–H groups in total. The summed E-state index contributed by atoms with van der Waals surface area (Å²) in [5.41, 5.74) is 17.3. The molecule has 1 aromatic heterocycles. The molecule has 0 aliphatic carbocycles. The summed E-state index contributed by atoms with van der Waals surface area (Å²) in [6.45, 7) is 27.3. The molecule has 11 heterocycles. The molecule has 1 aromatic carbocycles. The maximum atomic E-state index is 13.3. The van der Waals surface area contributed by atoms with Crippen LogP contribution in [0.3, 0.4) is 0 Å². The van der Waals surface area contributed by atoms with Crippen LogP contribution in [0.1, 0.15) is 228 Å². The number of nitrogens with zero attached hydrogens (tertiary/aromatic N) is 12. The molecule has 43 heteroatoms. The predicted octanol–water partition coefficient (Wildman–Crippen LogP) is 2.42. The average Bonchev–Trinajstić information content (AvgIpc) is 1.64. The summed E-state index contributed by atoms with van der Waals surface area (Å²) in [7, 11) is 0. The molecule has 10 fully saturated rings. The molecule has 15 atom stereocenters. The fourth-order valence-corrected chi connectivity index (χ4v) is 17.2. The van der Waals surface area contributed by atoms with Crippen molar-refractivity contribution in [2.45, 2.75) is 325 Å². The molecule has 5 spiro atoms. The fraction of sp³-hybridized carbons (Fsp3) is 0.726. The van der Waals surface area contributed by atoms with Crippen molar-refractivity contribution in [3.8, 4) is 0 Å². The number of carboxylic acids is 1. The maximum absolute atomic E-state index is 13.3. The third-order valence-corrected chi connectivity index (χ3v) is 22.8. The lowest BCUT2D eigenvalue weighted by atomic mass is 9.83. The lowest BCUT2D eigenvalue weighted by Gasteiger charge is -2.53. The van der Waals surface area contributed by atoms with Gasteiger partial charge in [0.2, 0.25) is 41.7 Å². The van der Waals surface area contributed by atoms with Crippen LogP contribution in [-0.2, 0) is 73.6 Å². The summed E-state index contributed by atoms with van der Waals surface area (Å²) in [5.74, 6) is -6.30. The van der Waals surface area contributed by atoms with Crippen LogP contribution in [0, 0.1) is 12.8 Å². The number of likely N-dealkylation sites (tertiary alicyclic amines) is 9. The van der Waals surface area contributed by atoms with Gasteiger partial charge in [-0.25, -0.2) is 19.1 Å². The lowest BCUT2D eigenvalue weighted by molar-refractivity contribution is -0.176. The number of hydrogen-bond donors (Lipinski definition) is 11. The van der Waals surface area contributed by atoms with Crippen LogP contribution in [-0.4, -0.2) is 350 Å². The summed E-state index contributed by atoms with van der Waals surface area (Å²) in [6, 6.07) is 4.32. The number of β-lactam (4-membered cyclic amide) rings is 5. The summed E-state index contributed by atoms with van der Waals surface area (Å²) >= 11 is 0. The average molecular weight is 1820 g/mol. The second-order valence-electron chi connectivity index (χ2n) is 34.4. The number of carbonyl (C=O) groups is 15. The number of benzene rings is 1. The Hall–Kier alpha value is -10.2. The van der Waals surface area contributed by atoms with Crippen LogP contribution in [0.2, 0.25) is 0 Å². The number of aliphatic hydroxyl groups excluding tert-OH is 5. The minimum Gasteiger partial charge on any atom is -0.480 e. The topological polar surface area (TPSA) is 572 Å². The van der Waals surface area contributed by atoms with E-state index in [2.05, 4.69) is 15.6 Å². The van der Waals surface area contributed by atoms with Gasteiger partial charge in [-0.1, -0.05) is 101 Å². The monoisotopic (exact) mass is 1820 g/mol. The molecule has 10 saturated heterocycles. The van der Waals surface area contributed by atoms with E-state index in [1.807, 2.05) is 30.3 Å². The Bertz CT molecular complexity index is 4100. The molecule has 12 rings (SSSR count). The number of ether oxygens (including phenoxy) is 2. The van der Waals surface area contributed by atoms with Gasteiger partial charge in [0.15, 0.2) is 11.7 Å². The van der Waals surface area contributed by atoms with Crippen molar-refractivity contribution in [3.63, 3.8) is 0 Å². The van der Waals surface area contributed by atoms with E-state index >= 15 is 0 Å². The zero-order valence-electron chi connectivity index (χ0n) is 70.1. The summed E-state index contributed by atoms with van der Waals surface area (Å²) in [5, 5.41) is 68.9. The van der Waals surface area contributed by atoms with E-state index in [0.29, 0.717) is 89.9 Å². The number of amides is 13. The fourth-order valence-electron chi connectivity index (χ4n) is 17.2. The van der Waals surface area contributed by atoms with E-state index in [-0.39, 0.29) is 125 Å². The van der Waals surface area contributed by atoms with Gasteiger partial charge in [-0.2, -0.15) is 13.2 Å². The van der Waals surface area contributed by atoms with Crippen molar-refractivity contribution in [1.29, 1.82) is 0 Å². The van der Waals surface area contributed by atoms with Gasteiger partial charge in [0, 0.05) is 38.6 Å². The smallest absolute Gasteiger partial charge is 0.446 e. The van der Waals surface area contributed by atoms with Crippen molar-refractivity contribution < 1.29 is 125 Å². The van der Waals surface area contributed by atoms with E-state index in [0.717, 1.165) is 36.3 Å². The number of aldehydes is 1. The van der Waals surface area contributed by atoms with Gasteiger partial charge >= 0.3 is 24.3 Å². The van der Waals surface area contributed by atoms with E-state index < -0.39 is 160 Å². The number of nitrogens with two attached hydrogens (primary N) is 4. The number of hydrogen-bond acceptors (Lipinski definition) is 25. The molecule has 5 unspecified atom stereocenters. The number of alkyl halides is 3. The Morgan fingerprint density at radius 2 is 0.787 bits per heavy atom. The third kappa shape index (κ3) is 24.4. The van der Waals surface area contributed by atoms with Gasteiger partial charge in [-0.15, -0.1) is 5.10 Å². The van der Waals surface area contributed by atoms with Gasteiger partial charge < -0.3 is 103 Å². The summed E-state index contributed by atoms with van der Waals surface area (Å²) in [4.78, 5) is 191. The minimum atomic E-state index is -4.64. The Kier molecular flexibility index (Phi) is 41.5. The number of rotatable bonds is 19. The number of halogens is 3. The maximum Gasteiger partial charge on any atom is 0.446 e. The van der Waals surface area contributed by atoms with Crippen molar-refractivity contribution in [2.75, 3.05) is 65.4 Å². The van der Waals surface area contributed by atoms with Crippen molar-refractivity contribution >= 4 is 89.4 Å². The molecule has 40 nitrogen and oxygen atoms in total. The molecule has 724 valence electrons. The second-order valence-corrected chi connectivity index (χ2v) is 34.4. The normalized spacial score (nSPS) is 24.5. The number of carboxylic acid groups (broad SMARTS) is 1. The van der Waals surface area contributed by atoms with E-state index in [9.17, 15) is 111 Å². The highest BCUT2D eigenvalue weighted by Gasteiger charge is 2.67. The highest BCUT2D eigenvalue weighted by atomic mass is 19.4. The quantitative estimate of drug-likeness (QED) is 0.0710. The Labute approximate surface area is 743 Å². The molecule has 2 aromatic rings. The predicted molar refractivity (Wildman–Crippen MR) is 461 cm³/mol. The largest absolute Gasteiger partial charge is 0.480 e. The third-order valence-electron chi connectivity index (χ3n) is 22.8. The highest BCUT2D eigenvalue weighted by molar-refractivity contribution is 6.05. The molecule has 10 aliphatic heterocycles. The van der Waals surface area contributed by atoms with Gasteiger partial charge in [-0.3, -0.25) is 67.3 Å². The number of aliphatic hydroxyl groups is 5. The minimum absolute atomic E-state index is 0. The van der Waals surface area contributed by atoms with Gasteiger partial charge in [0.05, 0.1) is 68.9 Å². The first-order valence-corrected chi connectivity index (χ1v) is 39.7. The van der Waals surface area contributed by atoms with Crippen molar-refractivity contribution in [1.82, 2.24) is 64.4 Å². The van der Waals surface area contributed by atoms with Gasteiger partial charge in [0.25, 0.3) is 29.5 Å². The summed E-state index contributed by atoms with van der Waals surface area (Å²) in [6.07, 6.45) is -5.45. The molecule has 127 heavy (non-hydrogen) atoms. The first-order chi connectivity index (χ1) is 55.5. The van der Waals surface area contributed by atoms with Crippen LogP contribution in [0.4, 0.5) is 22.8 Å². The zero-order valence-corrected chi connectivity index (χ0v) is 70.1. The molecule has 0 bridgehead atoms. The molecular formula is C84H144F3N17O23. The number of carbonyl (C=O) groups excluding carboxylic acids is 14. The van der Waals surface area contributed by atoms with Crippen LogP contribution in [0.5, 0.6) is 0 Å².